The predicted molar refractivity (Wildman–Crippen MR) is 91.3 cm³/mol. The van der Waals surface area contributed by atoms with Crippen molar-refractivity contribution in [2.75, 3.05) is 6.54 Å². The Morgan fingerprint density at radius 3 is 2.75 bits per heavy atom. The van der Waals surface area contributed by atoms with Gasteiger partial charge in [-0.15, -0.1) is 0 Å². The van der Waals surface area contributed by atoms with Crippen LogP contribution in [-0.2, 0) is 6.54 Å². The van der Waals surface area contributed by atoms with Gasteiger partial charge >= 0.3 is 5.69 Å². The molecule has 1 N–H and O–H groups in total. The van der Waals surface area contributed by atoms with E-state index in [4.69, 9.17) is 4.42 Å². The number of carbonyl (C=O) groups is 1. The second-order valence-electron chi connectivity index (χ2n) is 5.84. The fourth-order valence-electron chi connectivity index (χ4n) is 2.75. The SMILES string of the molecule is Cc1cc(C)n(CCNC(=O)c2ccc3oc(C)cc3c2)c(=O)n1. The second kappa shape index (κ2) is 6.31. The summed E-state index contributed by atoms with van der Waals surface area (Å²) in [4.78, 5) is 28.1. The van der Waals surface area contributed by atoms with Gasteiger partial charge in [0.1, 0.15) is 11.3 Å². The third-order valence-electron chi connectivity index (χ3n) is 3.87. The molecular weight excluding hydrogens is 306 g/mol. The van der Waals surface area contributed by atoms with Gasteiger partial charge in [-0.2, -0.15) is 4.98 Å². The van der Waals surface area contributed by atoms with Crippen LogP contribution in [0.3, 0.4) is 0 Å². The van der Waals surface area contributed by atoms with Crippen molar-refractivity contribution in [2.45, 2.75) is 27.3 Å². The van der Waals surface area contributed by atoms with Crippen molar-refractivity contribution in [3.8, 4) is 0 Å². The van der Waals surface area contributed by atoms with Crippen LogP contribution in [0.5, 0.6) is 0 Å². The number of furan rings is 1. The van der Waals surface area contributed by atoms with Gasteiger partial charge in [0.15, 0.2) is 0 Å². The largest absolute Gasteiger partial charge is 0.461 e. The number of amides is 1. The van der Waals surface area contributed by atoms with Crippen molar-refractivity contribution in [3.63, 3.8) is 0 Å². The summed E-state index contributed by atoms with van der Waals surface area (Å²) in [5.74, 6) is 0.630. The number of hydrogen-bond donors (Lipinski definition) is 1. The molecule has 0 spiro atoms. The first kappa shape index (κ1) is 16.0. The Kier molecular flexibility index (Phi) is 4.20. The molecule has 2 aromatic heterocycles. The molecule has 0 radical (unpaired) electrons. The van der Waals surface area contributed by atoms with Crippen molar-refractivity contribution in [1.29, 1.82) is 0 Å². The van der Waals surface area contributed by atoms with Gasteiger partial charge in [-0.25, -0.2) is 4.79 Å². The van der Waals surface area contributed by atoms with E-state index < -0.39 is 0 Å². The Morgan fingerprint density at radius 1 is 1.21 bits per heavy atom. The van der Waals surface area contributed by atoms with E-state index in [1.54, 1.807) is 29.7 Å². The van der Waals surface area contributed by atoms with Crippen LogP contribution in [0, 0.1) is 20.8 Å². The number of aryl methyl sites for hydroxylation is 3. The molecule has 2 heterocycles. The smallest absolute Gasteiger partial charge is 0.348 e. The van der Waals surface area contributed by atoms with Crippen molar-refractivity contribution < 1.29 is 9.21 Å². The van der Waals surface area contributed by atoms with Crippen LogP contribution in [0.15, 0.2) is 39.5 Å². The van der Waals surface area contributed by atoms with E-state index in [1.165, 1.54) is 0 Å². The number of fused-ring (bicyclic) bond motifs is 1. The van der Waals surface area contributed by atoms with Gasteiger partial charge in [-0.3, -0.25) is 9.36 Å². The van der Waals surface area contributed by atoms with Crippen LogP contribution in [0.25, 0.3) is 11.0 Å². The number of aromatic nitrogens is 2. The lowest BCUT2D eigenvalue weighted by Gasteiger charge is -2.10. The topological polar surface area (TPSA) is 77.1 Å². The van der Waals surface area contributed by atoms with Gasteiger partial charge in [-0.1, -0.05) is 0 Å². The van der Waals surface area contributed by atoms with E-state index >= 15 is 0 Å². The summed E-state index contributed by atoms with van der Waals surface area (Å²) in [5.41, 5.74) is 2.56. The molecule has 6 nitrogen and oxygen atoms in total. The van der Waals surface area contributed by atoms with Gasteiger partial charge in [0.05, 0.1) is 0 Å². The van der Waals surface area contributed by atoms with E-state index in [0.29, 0.717) is 24.3 Å². The second-order valence-corrected chi connectivity index (χ2v) is 5.84. The van der Waals surface area contributed by atoms with Gasteiger partial charge in [-0.05, 0) is 51.1 Å². The highest BCUT2D eigenvalue weighted by Crippen LogP contribution is 2.20. The van der Waals surface area contributed by atoms with Crippen molar-refractivity contribution in [3.05, 3.63) is 63.5 Å². The normalized spacial score (nSPS) is 11.0. The first-order chi connectivity index (χ1) is 11.4. The zero-order valence-corrected chi connectivity index (χ0v) is 13.9. The number of hydrogen-bond acceptors (Lipinski definition) is 4. The summed E-state index contributed by atoms with van der Waals surface area (Å²) >= 11 is 0. The molecule has 1 amide bonds. The summed E-state index contributed by atoms with van der Waals surface area (Å²) < 4.78 is 7.05. The minimum atomic E-state index is -0.294. The first-order valence-electron chi connectivity index (χ1n) is 7.77. The molecule has 0 aliphatic heterocycles. The van der Waals surface area contributed by atoms with Crippen LogP contribution in [0.1, 0.15) is 27.5 Å². The maximum Gasteiger partial charge on any atom is 0.348 e. The van der Waals surface area contributed by atoms with Crippen LogP contribution in [-0.4, -0.2) is 22.0 Å². The molecule has 0 bridgehead atoms. The molecule has 0 fully saturated rings. The predicted octanol–water partition coefficient (Wildman–Crippen LogP) is 2.34. The number of rotatable bonds is 4. The molecule has 3 aromatic rings. The maximum atomic E-state index is 12.3. The quantitative estimate of drug-likeness (QED) is 0.799. The van der Waals surface area contributed by atoms with Crippen molar-refractivity contribution in [2.24, 2.45) is 0 Å². The third kappa shape index (κ3) is 3.22. The molecule has 24 heavy (non-hydrogen) atoms. The summed E-state index contributed by atoms with van der Waals surface area (Å²) in [7, 11) is 0. The average Bonchev–Trinajstić information content (AvgIpc) is 2.88. The Hall–Kier alpha value is -2.89. The molecule has 124 valence electrons. The number of nitrogens with zero attached hydrogens (tertiary/aromatic N) is 2. The highest BCUT2D eigenvalue weighted by atomic mass is 16.3. The number of benzene rings is 1. The summed E-state index contributed by atoms with van der Waals surface area (Å²) in [6, 6.07) is 9.05. The van der Waals surface area contributed by atoms with Crippen LogP contribution >= 0.6 is 0 Å². The minimum Gasteiger partial charge on any atom is -0.461 e. The van der Waals surface area contributed by atoms with Crippen LogP contribution in [0.4, 0.5) is 0 Å². The molecule has 0 aliphatic rings. The van der Waals surface area contributed by atoms with Crippen LogP contribution < -0.4 is 11.0 Å². The standard InChI is InChI=1S/C18H19N3O3/c1-11-8-12(2)21(18(23)20-11)7-6-19-17(22)14-4-5-16-15(10-14)9-13(3)24-16/h4-5,8-10H,6-7H2,1-3H3,(H,19,22). The van der Waals surface area contributed by atoms with Gasteiger partial charge < -0.3 is 9.73 Å². The summed E-state index contributed by atoms with van der Waals surface area (Å²) in [6.45, 7) is 6.25. The van der Waals surface area contributed by atoms with Gasteiger partial charge in [0.25, 0.3) is 5.91 Å². The zero-order chi connectivity index (χ0) is 17.3. The van der Waals surface area contributed by atoms with Gasteiger partial charge in [0.2, 0.25) is 0 Å². The fraction of sp³-hybridized carbons (Fsp3) is 0.278. The molecule has 0 atom stereocenters. The average molecular weight is 325 g/mol. The van der Waals surface area contributed by atoms with Crippen LogP contribution in [0.2, 0.25) is 0 Å². The molecule has 0 unspecified atom stereocenters. The van der Waals surface area contributed by atoms with Gasteiger partial charge in [0, 0.05) is 35.4 Å². The molecule has 3 rings (SSSR count). The molecule has 0 aliphatic carbocycles. The molecule has 0 saturated heterocycles. The highest BCUT2D eigenvalue weighted by Gasteiger charge is 2.09. The van der Waals surface area contributed by atoms with E-state index in [-0.39, 0.29) is 11.6 Å². The lowest BCUT2D eigenvalue weighted by Crippen LogP contribution is -2.33. The minimum absolute atomic E-state index is 0.179. The first-order valence-corrected chi connectivity index (χ1v) is 7.77. The Bertz CT molecular complexity index is 969. The Labute approximate surface area is 139 Å². The number of carbonyl (C=O) groups excluding carboxylic acids is 1. The van der Waals surface area contributed by atoms with E-state index in [0.717, 1.165) is 22.4 Å². The molecule has 0 saturated carbocycles. The maximum absolute atomic E-state index is 12.3. The van der Waals surface area contributed by atoms with E-state index in [1.807, 2.05) is 26.0 Å². The third-order valence-corrected chi connectivity index (χ3v) is 3.87. The van der Waals surface area contributed by atoms with Crippen molar-refractivity contribution in [1.82, 2.24) is 14.9 Å². The molecule has 1 aromatic carbocycles. The Morgan fingerprint density at radius 2 is 2.00 bits per heavy atom. The Balaban J connectivity index is 1.68. The van der Waals surface area contributed by atoms with Crippen molar-refractivity contribution >= 4 is 16.9 Å². The monoisotopic (exact) mass is 325 g/mol. The van der Waals surface area contributed by atoms with E-state index in [2.05, 4.69) is 10.3 Å². The lowest BCUT2D eigenvalue weighted by molar-refractivity contribution is 0.0952. The molecule has 6 heteroatoms. The summed E-state index contributed by atoms with van der Waals surface area (Å²) in [5, 5.41) is 3.73. The summed E-state index contributed by atoms with van der Waals surface area (Å²) in [6.07, 6.45) is 0. The van der Waals surface area contributed by atoms with E-state index in [9.17, 15) is 9.59 Å². The highest BCUT2D eigenvalue weighted by molar-refractivity contribution is 5.97. The fourth-order valence-corrected chi connectivity index (χ4v) is 2.75. The lowest BCUT2D eigenvalue weighted by atomic mass is 10.1. The zero-order valence-electron chi connectivity index (χ0n) is 13.9. The molecular formula is C18H19N3O3. The number of nitrogens with one attached hydrogen (secondary N) is 1.